The van der Waals surface area contributed by atoms with Gasteiger partial charge in [0.15, 0.2) is 5.41 Å². The average Bonchev–Trinajstić information content (AvgIpc) is 2.79. The van der Waals surface area contributed by atoms with Crippen LogP contribution in [0.1, 0.15) is 116 Å². The van der Waals surface area contributed by atoms with Crippen molar-refractivity contribution in [1.82, 2.24) is 0 Å². The molecule has 0 aromatic carbocycles. The molecular formula is C27H48O4. The first-order chi connectivity index (χ1) is 15.1. The van der Waals surface area contributed by atoms with Crippen LogP contribution in [0.15, 0.2) is 25.3 Å². The Kier molecular flexibility index (Phi) is 19.3. The summed E-state index contributed by atoms with van der Waals surface area (Å²) >= 11 is 0. The highest BCUT2D eigenvalue weighted by atomic mass is 16.5. The van der Waals surface area contributed by atoms with E-state index in [2.05, 4.69) is 13.2 Å². The number of hydrogen-bond acceptors (Lipinski definition) is 4. The van der Waals surface area contributed by atoms with Crippen molar-refractivity contribution in [2.75, 3.05) is 14.2 Å². The van der Waals surface area contributed by atoms with Gasteiger partial charge in [-0.15, -0.1) is 13.2 Å². The summed E-state index contributed by atoms with van der Waals surface area (Å²) in [7, 11) is 2.74. The molecule has 0 atom stereocenters. The predicted molar refractivity (Wildman–Crippen MR) is 130 cm³/mol. The van der Waals surface area contributed by atoms with Crippen molar-refractivity contribution >= 4 is 11.9 Å². The zero-order chi connectivity index (χ0) is 23.2. The molecule has 0 N–H and O–H groups in total. The van der Waals surface area contributed by atoms with E-state index in [4.69, 9.17) is 9.47 Å². The first-order valence-corrected chi connectivity index (χ1v) is 12.5. The summed E-state index contributed by atoms with van der Waals surface area (Å²) in [6.45, 7) is 7.51. The number of hydrogen-bond donors (Lipinski definition) is 0. The molecule has 0 fully saturated rings. The van der Waals surface area contributed by atoms with Crippen molar-refractivity contribution in [3.63, 3.8) is 0 Å². The third kappa shape index (κ3) is 13.4. The lowest BCUT2D eigenvalue weighted by Crippen LogP contribution is -2.41. The van der Waals surface area contributed by atoms with Crippen LogP contribution in [0.2, 0.25) is 0 Å². The van der Waals surface area contributed by atoms with Gasteiger partial charge in [0.1, 0.15) is 0 Å². The van der Waals surface area contributed by atoms with Gasteiger partial charge in [-0.2, -0.15) is 0 Å². The van der Waals surface area contributed by atoms with Gasteiger partial charge in [0.2, 0.25) is 0 Å². The fraction of sp³-hybridized carbons (Fsp3) is 0.778. The summed E-state index contributed by atoms with van der Waals surface area (Å²) in [4.78, 5) is 25.3. The second-order valence-corrected chi connectivity index (χ2v) is 8.67. The van der Waals surface area contributed by atoms with E-state index in [0.29, 0.717) is 12.8 Å². The molecule has 0 aromatic heterocycles. The lowest BCUT2D eigenvalue weighted by Gasteiger charge is -2.28. The van der Waals surface area contributed by atoms with Crippen LogP contribution in [0.3, 0.4) is 0 Å². The average molecular weight is 437 g/mol. The molecule has 31 heavy (non-hydrogen) atoms. The molecule has 0 saturated carbocycles. The summed E-state index contributed by atoms with van der Waals surface area (Å²) in [6, 6.07) is 0. The van der Waals surface area contributed by atoms with Crippen molar-refractivity contribution in [3.8, 4) is 0 Å². The molecule has 0 bridgehead atoms. The lowest BCUT2D eigenvalue weighted by atomic mass is 9.77. The van der Waals surface area contributed by atoms with Gasteiger partial charge in [0.05, 0.1) is 14.2 Å². The van der Waals surface area contributed by atoms with Crippen LogP contribution < -0.4 is 0 Å². The number of carbonyl (C=O) groups excluding carboxylic acids is 2. The van der Waals surface area contributed by atoms with Gasteiger partial charge in [0, 0.05) is 0 Å². The van der Waals surface area contributed by atoms with Crippen molar-refractivity contribution in [3.05, 3.63) is 25.3 Å². The molecule has 4 heteroatoms. The van der Waals surface area contributed by atoms with Crippen LogP contribution in [0.5, 0.6) is 0 Å². The number of allylic oxidation sites excluding steroid dienone is 2. The van der Waals surface area contributed by atoms with E-state index < -0.39 is 17.4 Å². The number of methoxy groups -OCH3 is 2. The maximum absolute atomic E-state index is 12.6. The lowest BCUT2D eigenvalue weighted by molar-refractivity contribution is -0.170. The highest BCUT2D eigenvalue weighted by molar-refractivity contribution is 5.99. The Balaban J connectivity index is 4.41. The number of esters is 2. The summed E-state index contributed by atoms with van der Waals surface area (Å²) in [6.07, 6.45) is 23.0. The molecule has 0 aliphatic carbocycles. The number of rotatable bonds is 22. The zero-order valence-corrected chi connectivity index (χ0v) is 20.4. The number of carbonyl (C=O) groups is 2. The first-order valence-electron chi connectivity index (χ1n) is 12.5. The SMILES string of the molecule is C=CCCCCCCCCCC(CCCCCCCCCC=C)(C(=O)OC)C(=O)OC. The minimum atomic E-state index is -1.14. The Morgan fingerprint density at radius 3 is 1.16 bits per heavy atom. The van der Waals surface area contributed by atoms with Gasteiger partial charge >= 0.3 is 11.9 Å². The van der Waals surface area contributed by atoms with Gasteiger partial charge < -0.3 is 9.47 Å². The minimum absolute atomic E-state index is 0.437. The number of ether oxygens (including phenoxy) is 2. The quantitative estimate of drug-likeness (QED) is 0.0754. The summed E-state index contributed by atoms with van der Waals surface area (Å²) in [5.41, 5.74) is -1.14. The molecule has 0 saturated heterocycles. The molecule has 0 aliphatic rings. The second-order valence-electron chi connectivity index (χ2n) is 8.67. The van der Waals surface area contributed by atoms with E-state index in [1.807, 2.05) is 12.2 Å². The molecule has 0 radical (unpaired) electrons. The fourth-order valence-electron chi connectivity index (χ4n) is 4.21. The highest BCUT2D eigenvalue weighted by Gasteiger charge is 2.47. The molecule has 0 aromatic rings. The fourth-order valence-corrected chi connectivity index (χ4v) is 4.21. The molecular weight excluding hydrogens is 388 g/mol. The van der Waals surface area contributed by atoms with Crippen molar-refractivity contribution in [2.24, 2.45) is 5.41 Å². The Morgan fingerprint density at radius 2 is 0.871 bits per heavy atom. The van der Waals surface area contributed by atoms with Crippen molar-refractivity contribution in [1.29, 1.82) is 0 Å². The van der Waals surface area contributed by atoms with Gasteiger partial charge in [0.25, 0.3) is 0 Å². The Bertz CT molecular complexity index is 440. The van der Waals surface area contributed by atoms with E-state index in [9.17, 15) is 9.59 Å². The van der Waals surface area contributed by atoms with E-state index in [1.165, 1.54) is 65.6 Å². The van der Waals surface area contributed by atoms with Crippen LogP contribution in [0, 0.1) is 5.41 Å². The van der Waals surface area contributed by atoms with Crippen molar-refractivity contribution < 1.29 is 19.1 Å². The Morgan fingerprint density at radius 1 is 0.581 bits per heavy atom. The van der Waals surface area contributed by atoms with E-state index in [0.717, 1.165) is 51.4 Å². The molecule has 0 unspecified atom stereocenters. The van der Waals surface area contributed by atoms with Crippen LogP contribution in [-0.2, 0) is 19.1 Å². The van der Waals surface area contributed by atoms with E-state index >= 15 is 0 Å². The predicted octanol–water partition coefficient (Wildman–Crippen LogP) is 7.71. The van der Waals surface area contributed by atoms with Crippen LogP contribution in [0.4, 0.5) is 0 Å². The maximum Gasteiger partial charge on any atom is 0.323 e. The summed E-state index contributed by atoms with van der Waals surface area (Å²) in [5, 5.41) is 0. The monoisotopic (exact) mass is 436 g/mol. The Hall–Kier alpha value is -1.58. The van der Waals surface area contributed by atoms with Crippen LogP contribution >= 0.6 is 0 Å². The van der Waals surface area contributed by atoms with Crippen LogP contribution in [0.25, 0.3) is 0 Å². The smallest absolute Gasteiger partial charge is 0.323 e. The molecule has 0 amide bonds. The van der Waals surface area contributed by atoms with E-state index in [1.54, 1.807) is 0 Å². The normalized spacial score (nSPS) is 11.2. The minimum Gasteiger partial charge on any atom is -0.468 e. The zero-order valence-electron chi connectivity index (χ0n) is 20.4. The van der Waals surface area contributed by atoms with E-state index in [-0.39, 0.29) is 0 Å². The van der Waals surface area contributed by atoms with Gasteiger partial charge in [-0.3, -0.25) is 9.59 Å². The van der Waals surface area contributed by atoms with Crippen LogP contribution in [-0.4, -0.2) is 26.2 Å². The van der Waals surface area contributed by atoms with Gasteiger partial charge in [-0.05, 0) is 38.5 Å². The number of unbranched alkanes of at least 4 members (excludes halogenated alkanes) is 14. The van der Waals surface area contributed by atoms with Gasteiger partial charge in [-0.25, -0.2) is 0 Å². The topological polar surface area (TPSA) is 52.6 Å². The first kappa shape index (κ1) is 29.4. The largest absolute Gasteiger partial charge is 0.468 e. The summed E-state index contributed by atoms with van der Waals surface area (Å²) in [5.74, 6) is -0.874. The molecule has 180 valence electrons. The summed E-state index contributed by atoms with van der Waals surface area (Å²) < 4.78 is 10.1. The highest BCUT2D eigenvalue weighted by Crippen LogP contribution is 2.35. The molecule has 4 nitrogen and oxygen atoms in total. The molecule has 0 aliphatic heterocycles. The maximum atomic E-state index is 12.6. The molecule has 0 spiro atoms. The Labute approximate surface area is 191 Å². The molecule has 0 heterocycles. The molecule has 0 rings (SSSR count). The van der Waals surface area contributed by atoms with Gasteiger partial charge in [-0.1, -0.05) is 89.2 Å². The third-order valence-corrected chi connectivity index (χ3v) is 6.18. The third-order valence-electron chi connectivity index (χ3n) is 6.18. The second kappa shape index (κ2) is 20.3. The standard InChI is InChI=1S/C27H48O4/c1-5-7-9-11-13-15-17-19-21-23-27(25(28)30-3,26(29)31-4)24-22-20-18-16-14-12-10-8-6-2/h5-6H,1-2,7-24H2,3-4H3. The van der Waals surface area contributed by atoms with Crippen molar-refractivity contribution in [2.45, 2.75) is 116 Å².